The Hall–Kier alpha value is -4.49. The fourth-order valence-corrected chi connectivity index (χ4v) is 4.44. The first-order valence-electron chi connectivity index (χ1n) is 10.6. The minimum Gasteiger partial charge on any atom is -0.462 e. The van der Waals surface area contributed by atoms with Crippen LogP contribution in [-0.4, -0.2) is 41.0 Å². The summed E-state index contributed by atoms with van der Waals surface area (Å²) in [5.41, 5.74) is 3.09. The van der Waals surface area contributed by atoms with E-state index in [1.807, 2.05) is 36.4 Å². The van der Waals surface area contributed by atoms with Crippen molar-refractivity contribution in [1.82, 2.24) is 9.97 Å². The van der Waals surface area contributed by atoms with Gasteiger partial charge in [-0.1, -0.05) is 30.3 Å². The summed E-state index contributed by atoms with van der Waals surface area (Å²) < 4.78 is 10.1. The molecule has 9 nitrogen and oxygen atoms in total. The van der Waals surface area contributed by atoms with Gasteiger partial charge in [0.1, 0.15) is 21.8 Å². The molecule has 0 atom stereocenters. The number of nitrogens with one attached hydrogen (secondary N) is 2. The van der Waals surface area contributed by atoms with Crippen molar-refractivity contribution in [2.24, 2.45) is 0 Å². The van der Waals surface area contributed by atoms with Crippen LogP contribution in [0.2, 0.25) is 0 Å². The Balaban J connectivity index is 1.42. The number of H-pyrrole nitrogens is 1. The van der Waals surface area contributed by atoms with Crippen LogP contribution >= 0.6 is 11.3 Å². The zero-order valence-electron chi connectivity index (χ0n) is 18.9. The van der Waals surface area contributed by atoms with Crippen LogP contribution < -0.4 is 5.32 Å². The average molecular weight is 489 g/mol. The monoisotopic (exact) mass is 488 g/mol. The number of nitrogens with zero attached hydrogens (tertiary/aromatic N) is 2. The van der Waals surface area contributed by atoms with E-state index >= 15 is 0 Å². The van der Waals surface area contributed by atoms with Gasteiger partial charge in [-0.3, -0.25) is 4.79 Å². The molecule has 0 fully saturated rings. The molecule has 4 rings (SSSR count). The Morgan fingerprint density at radius 3 is 2.60 bits per heavy atom. The summed E-state index contributed by atoms with van der Waals surface area (Å²) in [7, 11) is 0. The molecule has 35 heavy (non-hydrogen) atoms. The van der Waals surface area contributed by atoms with Gasteiger partial charge in [0.05, 0.1) is 28.8 Å². The Morgan fingerprint density at radius 2 is 1.89 bits per heavy atom. The average Bonchev–Trinajstić information content (AvgIpc) is 3.43. The number of carbonyl (C=O) groups excluding carboxylic acids is 3. The lowest BCUT2D eigenvalue weighted by Crippen LogP contribution is -2.20. The van der Waals surface area contributed by atoms with E-state index in [9.17, 15) is 19.6 Å². The highest BCUT2D eigenvalue weighted by Crippen LogP contribution is 2.33. The molecule has 2 aromatic carbocycles. The molecule has 10 heteroatoms. The van der Waals surface area contributed by atoms with Crippen LogP contribution in [0.1, 0.15) is 38.1 Å². The summed E-state index contributed by atoms with van der Waals surface area (Å²) in [4.78, 5) is 44.9. The molecule has 0 unspecified atom stereocenters. The smallest absolute Gasteiger partial charge is 0.348 e. The number of anilines is 1. The third-order valence-corrected chi connectivity index (χ3v) is 6.26. The lowest BCUT2D eigenvalue weighted by atomic mass is 10.2. The number of fused-ring (bicyclic) bond motifs is 1. The number of aromatic nitrogens is 2. The molecule has 2 aromatic heterocycles. The molecule has 2 heterocycles. The van der Waals surface area contributed by atoms with Crippen LogP contribution in [0, 0.1) is 18.3 Å². The molecule has 0 bridgehead atoms. The predicted octanol–water partition coefficient (Wildman–Crippen LogP) is 4.44. The summed E-state index contributed by atoms with van der Waals surface area (Å²) in [6.07, 6.45) is 0. The first-order chi connectivity index (χ1) is 16.9. The van der Waals surface area contributed by atoms with Gasteiger partial charge in [-0.05, 0) is 37.6 Å². The number of hydrogen-bond donors (Lipinski definition) is 2. The quantitative estimate of drug-likeness (QED) is 0.367. The molecule has 0 saturated heterocycles. The lowest BCUT2D eigenvalue weighted by Gasteiger charge is -2.06. The molecule has 176 valence electrons. The summed E-state index contributed by atoms with van der Waals surface area (Å²) >= 11 is 0.939. The fraction of sp³-hybridized carbons (Fsp3) is 0.160. The van der Waals surface area contributed by atoms with Crippen LogP contribution in [-0.2, 0) is 14.3 Å². The Kier molecular flexibility index (Phi) is 6.89. The molecular formula is C25H20N4O5S. The van der Waals surface area contributed by atoms with Crippen LogP contribution in [0.15, 0.2) is 48.5 Å². The van der Waals surface area contributed by atoms with Crippen molar-refractivity contribution in [1.29, 1.82) is 5.26 Å². The van der Waals surface area contributed by atoms with Gasteiger partial charge in [0.15, 0.2) is 6.61 Å². The number of benzene rings is 2. The summed E-state index contributed by atoms with van der Waals surface area (Å²) in [6.45, 7) is 2.90. The fourth-order valence-electron chi connectivity index (χ4n) is 3.37. The van der Waals surface area contributed by atoms with Crippen molar-refractivity contribution in [3.8, 4) is 17.5 Å². The first kappa shape index (κ1) is 23.7. The van der Waals surface area contributed by atoms with Gasteiger partial charge in [-0.15, -0.1) is 11.3 Å². The van der Waals surface area contributed by atoms with E-state index in [0.717, 1.165) is 16.9 Å². The normalized spacial score (nSPS) is 10.5. The third kappa shape index (κ3) is 5.05. The van der Waals surface area contributed by atoms with Gasteiger partial charge >= 0.3 is 11.9 Å². The van der Waals surface area contributed by atoms with Crippen molar-refractivity contribution in [2.75, 3.05) is 18.5 Å². The van der Waals surface area contributed by atoms with E-state index in [4.69, 9.17) is 9.47 Å². The van der Waals surface area contributed by atoms with E-state index < -0.39 is 24.5 Å². The number of hydrogen-bond acceptors (Lipinski definition) is 8. The molecule has 0 saturated carbocycles. The van der Waals surface area contributed by atoms with Gasteiger partial charge < -0.3 is 19.8 Å². The van der Waals surface area contributed by atoms with Crippen molar-refractivity contribution in [3.05, 3.63) is 70.1 Å². The van der Waals surface area contributed by atoms with Gasteiger partial charge in [0.2, 0.25) is 0 Å². The molecule has 1 amide bonds. The largest absolute Gasteiger partial charge is 0.462 e. The van der Waals surface area contributed by atoms with Crippen molar-refractivity contribution >= 4 is 45.2 Å². The number of carbonyl (C=O) groups is 3. The number of aromatic amines is 1. The molecular weight excluding hydrogens is 468 g/mol. The van der Waals surface area contributed by atoms with Gasteiger partial charge in [-0.2, -0.15) is 5.26 Å². The number of amides is 1. The molecule has 0 aliphatic rings. The summed E-state index contributed by atoms with van der Waals surface area (Å²) in [5.74, 6) is -1.22. The Bertz CT molecular complexity index is 1470. The highest BCUT2D eigenvalue weighted by atomic mass is 32.1. The van der Waals surface area contributed by atoms with E-state index in [1.54, 1.807) is 32.0 Å². The van der Waals surface area contributed by atoms with Crippen molar-refractivity contribution < 1.29 is 23.9 Å². The second-order valence-corrected chi connectivity index (χ2v) is 8.42. The van der Waals surface area contributed by atoms with Gasteiger partial charge in [0, 0.05) is 5.56 Å². The molecule has 0 spiro atoms. The standard InChI is InChI=1S/C25H20N4O5S/c1-3-33-25(32)21-14(2)17(12-26)23(35-21)29-20(30)13-34-24(31)16-9-10-18-19(11-16)28-22(27-18)15-7-5-4-6-8-15/h4-11H,3,13H2,1-2H3,(H,27,28)(H,29,30). The number of ether oxygens (including phenoxy) is 2. The third-order valence-electron chi connectivity index (χ3n) is 5.07. The van der Waals surface area contributed by atoms with Crippen LogP contribution in [0.3, 0.4) is 0 Å². The molecule has 4 aromatic rings. The maximum absolute atomic E-state index is 12.5. The SMILES string of the molecule is CCOC(=O)c1sc(NC(=O)COC(=O)c2ccc3nc(-c4ccccc4)[nH]c3c2)c(C#N)c1C. The van der Waals surface area contributed by atoms with E-state index in [-0.39, 0.29) is 27.6 Å². The number of esters is 2. The predicted molar refractivity (Wildman–Crippen MR) is 130 cm³/mol. The highest BCUT2D eigenvalue weighted by Gasteiger charge is 2.22. The van der Waals surface area contributed by atoms with E-state index in [1.165, 1.54) is 0 Å². The summed E-state index contributed by atoms with van der Waals surface area (Å²) in [6, 6.07) is 16.4. The second kappa shape index (κ2) is 10.2. The molecule has 2 N–H and O–H groups in total. The minimum atomic E-state index is -0.687. The lowest BCUT2D eigenvalue weighted by molar-refractivity contribution is -0.119. The van der Waals surface area contributed by atoms with Gasteiger partial charge in [-0.25, -0.2) is 14.6 Å². The van der Waals surface area contributed by atoms with Crippen LogP contribution in [0.5, 0.6) is 0 Å². The zero-order chi connectivity index (χ0) is 24.9. The Morgan fingerprint density at radius 1 is 1.11 bits per heavy atom. The van der Waals surface area contributed by atoms with Crippen LogP contribution in [0.25, 0.3) is 22.4 Å². The maximum Gasteiger partial charge on any atom is 0.348 e. The number of rotatable bonds is 7. The second-order valence-electron chi connectivity index (χ2n) is 7.40. The van der Waals surface area contributed by atoms with Gasteiger partial charge in [0.25, 0.3) is 5.91 Å². The Labute approximate surface area is 204 Å². The number of thiophene rings is 1. The van der Waals surface area contributed by atoms with Crippen molar-refractivity contribution in [3.63, 3.8) is 0 Å². The minimum absolute atomic E-state index is 0.164. The molecule has 0 radical (unpaired) electrons. The maximum atomic E-state index is 12.5. The van der Waals surface area contributed by atoms with E-state index in [2.05, 4.69) is 15.3 Å². The highest BCUT2D eigenvalue weighted by molar-refractivity contribution is 7.18. The topological polar surface area (TPSA) is 134 Å². The first-order valence-corrected chi connectivity index (χ1v) is 11.5. The molecule has 0 aliphatic heterocycles. The summed E-state index contributed by atoms with van der Waals surface area (Å²) in [5, 5.41) is 12.2. The zero-order valence-corrected chi connectivity index (χ0v) is 19.7. The van der Waals surface area contributed by atoms with E-state index in [0.29, 0.717) is 22.4 Å². The van der Waals surface area contributed by atoms with Crippen molar-refractivity contribution in [2.45, 2.75) is 13.8 Å². The number of nitriles is 1. The van der Waals surface area contributed by atoms with Crippen LogP contribution in [0.4, 0.5) is 5.00 Å². The molecule has 0 aliphatic carbocycles. The number of imidazole rings is 1.